The number of phenolic OH excluding ortho intramolecular Hbond substituents is 2. The molecule has 0 heterocycles. The van der Waals surface area contributed by atoms with Crippen LogP contribution >= 0.6 is 15.9 Å². The summed E-state index contributed by atoms with van der Waals surface area (Å²) in [7, 11) is 0. The summed E-state index contributed by atoms with van der Waals surface area (Å²) in [5.41, 5.74) is 1.58. The van der Waals surface area contributed by atoms with Gasteiger partial charge in [-0.15, -0.1) is 0 Å². The molecule has 0 unspecified atom stereocenters. The number of benzene rings is 2. The van der Waals surface area contributed by atoms with E-state index in [-0.39, 0.29) is 11.5 Å². The SMILES string of the molecule is Oc1cccc(O)c1Cc1ccccc1Br. The molecule has 0 saturated carbocycles. The van der Waals surface area contributed by atoms with Gasteiger partial charge < -0.3 is 10.2 Å². The van der Waals surface area contributed by atoms with Crippen LogP contribution in [0.2, 0.25) is 0 Å². The molecule has 0 aromatic heterocycles. The molecule has 0 aliphatic rings. The van der Waals surface area contributed by atoms with Gasteiger partial charge in [0.1, 0.15) is 11.5 Å². The van der Waals surface area contributed by atoms with Crippen molar-refractivity contribution in [1.82, 2.24) is 0 Å². The smallest absolute Gasteiger partial charge is 0.122 e. The van der Waals surface area contributed by atoms with Crippen molar-refractivity contribution >= 4 is 15.9 Å². The fourth-order valence-corrected chi connectivity index (χ4v) is 2.00. The Hall–Kier alpha value is -1.48. The molecule has 0 atom stereocenters. The molecule has 0 aliphatic heterocycles. The Morgan fingerprint density at radius 1 is 0.875 bits per heavy atom. The third-order valence-corrected chi connectivity index (χ3v) is 3.23. The van der Waals surface area contributed by atoms with Crippen molar-refractivity contribution in [1.29, 1.82) is 0 Å². The highest BCUT2D eigenvalue weighted by Gasteiger charge is 2.09. The van der Waals surface area contributed by atoms with Gasteiger partial charge in [-0.05, 0) is 23.8 Å². The Bertz CT molecular complexity index is 489. The average molecular weight is 279 g/mol. The molecule has 0 aliphatic carbocycles. The summed E-state index contributed by atoms with van der Waals surface area (Å²) in [6, 6.07) is 12.5. The Morgan fingerprint density at radius 2 is 1.50 bits per heavy atom. The van der Waals surface area contributed by atoms with Gasteiger partial charge in [0.15, 0.2) is 0 Å². The lowest BCUT2D eigenvalue weighted by Gasteiger charge is -2.08. The van der Waals surface area contributed by atoms with Crippen molar-refractivity contribution in [3.8, 4) is 11.5 Å². The summed E-state index contributed by atoms with van der Waals surface area (Å²) in [6.45, 7) is 0. The average Bonchev–Trinajstić information content (AvgIpc) is 2.26. The Labute approximate surface area is 102 Å². The van der Waals surface area contributed by atoms with Crippen LogP contribution in [0.5, 0.6) is 11.5 Å². The molecule has 3 heteroatoms. The van der Waals surface area contributed by atoms with E-state index in [2.05, 4.69) is 15.9 Å². The van der Waals surface area contributed by atoms with E-state index in [1.807, 2.05) is 24.3 Å². The van der Waals surface area contributed by atoms with E-state index in [0.29, 0.717) is 12.0 Å². The van der Waals surface area contributed by atoms with E-state index in [0.717, 1.165) is 10.0 Å². The number of phenols is 2. The predicted molar refractivity (Wildman–Crippen MR) is 66.7 cm³/mol. The fraction of sp³-hybridized carbons (Fsp3) is 0.0769. The lowest BCUT2D eigenvalue weighted by molar-refractivity contribution is 0.440. The Morgan fingerprint density at radius 3 is 2.12 bits per heavy atom. The highest BCUT2D eigenvalue weighted by molar-refractivity contribution is 9.10. The topological polar surface area (TPSA) is 40.5 Å². The molecule has 2 rings (SSSR count). The van der Waals surface area contributed by atoms with Gasteiger partial charge in [-0.25, -0.2) is 0 Å². The van der Waals surface area contributed by atoms with Crippen molar-refractivity contribution in [2.24, 2.45) is 0 Å². The zero-order chi connectivity index (χ0) is 11.5. The minimum atomic E-state index is 0.121. The normalized spacial score (nSPS) is 10.3. The van der Waals surface area contributed by atoms with Crippen molar-refractivity contribution in [3.63, 3.8) is 0 Å². The molecule has 2 nitrogen and oxygen atoms in total. The molecular formula is C13H11BrO2. The van der Waals surface area contributed by atoms with E-state index in [4.69, 9.17) is 0 Å². The van der Waals surface area contributed by atoms with Crippen LogP contribution in [0.25, 0.3) is 0 Å². The largest absolute Gasteiger partial charge is 0.508 e. The zero-order valence-electron chi connectivity index (χ0n) is 8.52. The lowest BCUT2D eigenvalue weighted by Crippen LogP contribution is -1.90. The minimum absolute atomic E-state index is 0.121. The zero-order valence-corrected chi connectivity index (χ0v) is 10.1. The molecule has 2 aromatic rings. The maximum Gasteiger partial charge on any atom is 0.122 e. The van der Waals surface area contributed by atoms with Crippen LogP contribution in [-0.4, -0.2) is 10.2 Å². The second kappa shape index (κ2) is 4.58. The Balaban J connectivity index is 2.38. The van der Waals surface area contributed by atoms with Gasteiger partial charge in [0.25, 0.3) is 0 Å². The van der Waals surface area contributed by atoms with Crippen LogP contribution in [0.15, 0.2) is 46.9 Å². The number of aromatic hydroxyl groups is 2. The van der Waals surface area contributed by atoms with Gasteiger partial charge >= 0.3 is 0 Å². The van der Waals surface area contributed by atoms with E-state index in [9.17, 15) is 10.2 Å². The summed E-state index contributed by atoms with van der Waals surface area (Å²) < 4.78 is 0.970. The third kappa shape index (κ3) is 2.19. The molecular weight excluding hydrogens is 268 g/mol. The maximum absolute atomic E-state index is 9.67. The summed E-state index contributed by atoms with van der Waals surface area (Å²) in [4.78, 5) is 0. The maximum atomic E-state index is 9.67. The second-order valence-electron chi connectivity index (χ2n) is 3.54. The number of hydrogen-bond acceptors (Lipinski definition) is 2. The van der Waals surface area contributed by atoms with E-state index in [1.54, 1.807) is 18.2 Å². The van der Waals surface area contributed by atoms with Crippen LogP contribution in [0.4, 0.5) is 0 Å². The van der Waals surface area contributed by atoms with Crippen molar-refractivity contribution in [2.75, 3.05) is 0 Å². The summed E-state index contributed by atoms with van der Waals surface area (Å²) in [5, 5.41) is 19.3. The first-order valence-electron chi connectivity index (χ1n) is 4.91. The minimum Gasteiger partial charge on any atom is -0.508 e. The highest BCUT2D eigenvalue weighted by atomic mass is 79.9. The van der Waals surface area contributed by atoms with Gasteiger partial charge in [0, 0.05) is 16.5 Å². The highest BCUT2D eigenvalue weighted by Crippen LogP contribution is 2.30. The van der Waals surface area contributed by atoms with E-state index < -0.39 is 0 Å². The molecule has 0 radical (unpaired) electrons. The first kappa shape index (κ1) is 11.0. The number of hydrogen-bond donors (Lipinski definition) is 2. The molecule has 0 spiro atoms. The van der Waals surface area contributed by atoms with Crippen LogP contribution in [0, 0.1) is 0 Å². The molecule has 0 amide bonds. The Kier molecular flexibility index (Phi) is 3.15. The van der Waals surface area contributed by atoms with Gasteiger partial charge in [-0.1, -0.05) is 40.2 Å². The van der Waals surface area contributed by atoms with Crippen molar-refractivity contribution < 1.29 is 10.2 Å². The standard InChI is InChI=1S/C13H11BrO2/c14-11-5-2-1-4-9(11)8-10-12(15)6-3-7-13(10)16/h1-7,15-16H,8H2. The third-order valence-electron chi connectivity index (χ3n) is 2.45. The van der Waals surface area contributed by atoms with Crippen LogP contribution < -0.4 is 0 Å². The summed E-state index contributed by atoms with van der Waals surface area (Å²) >= 11 is 3.44. The van der Waals surface area contributed by atoms with E-state index in [1.165, 1.54) is 0 Å². The van der Waals surface area contributed by atoms with Gasteiger partial charge in [-0.2, -0.15) is 0 Å². The van der Waals surface area contributed by atoms with Crippen LogP contribution in [0.1, 0.15) is 11.1 Å². The quantitative estimate of drug-likeness (QED) is 0.883. The summed E-state index contributed by atoms with van der Waals surface area (Å²) in [6.07, 6.45) is 0.500. The van der Waals surface area contributed by atoms with Gasteiger partial charge in [-0.3, -0.25) is 0 Å². The monoisotopic (exact) mass is 278 g/mol. The first-order chi connectivity index (χ1) is 7.68. The van der Waals surface area contributed by atoms with Crippen molar-refractivity contribution in [2.45, 2.75) is 6.42 Å². The van der Waals surface area contributed by atoms with Crippen LogP contribution in [-0.2, 0) is 6.42 Å². The van der Waals surface area contributed by atoms with Crippen LogP contribution in [0.3, 0.4) is 0 Å². The molecule has 2 aromatic carbocycles. The van der Waals surface area contributed by atoms with E-state index >= 15 is 0 Å². The number of halogens is 1. The summed E-state index contributed by atoms with van der Waals surface area (Å²) in [5.74, 6) is 0.242. The first-order valence-corrected chi connectivity index (χ1v) is 5.71. The predicted octanol–water partition coefficient (Wildman–Crippen LogP) is 3.45. The molecule has 2 N–H and O–H groups in total. The van der Waals surface area contributed by atoms with Gasteiger partial charge in [0.05, 0.1) is 0 Å². The second-order valence-corrected chi connectivity index (χ2v) is 4.40. The fourth-order valence-electron chi connectivity index (χ4n) is 1.58. The van der Waals surface area contributed by atoms with Crippen molar-refractivity contribution in [3.05, 3.63) is 58.1 Å². The molecule has 0 bridgehead atoms. The molecule has 0 fully saturated rings. The lowest BCUT2D eigenvalue weighted by atomic mass is 10.0. The number of rotatable bonds is 2. The van der Waals surface area contributed by atoms with Gasteiger partial charge in [0.2, 0.25) is 0 Å². The molecule has 0 saturated heterocycles. The molecule has 82 valence electrons. The molecule has 16 heavy (non-hydrogen) atoms.